The number of methoxy groups -OCH3 is 1. The third kappa shape index (κ3) is 4.99. The molecule has 2 aromatic rings. The molecule has 1 unspecified atom stereocenters. The van der Waals surface area contributed by atoms with Crippen molar-refractivity contribution in [3.05, 3.63) is 35.6 Å². The number of aryl methyl sites for hydroxylation is 1. The van der Waals surface area contributed by atoms with Crippen LogP contribution in [0.5, 0.6) is 11.5 Å². The van der Waals surface area contributed by atoms with Crippen LogP contribution in [0.2, 0.25) is 0 Å². The van der Waals surface area contributed by atoms with Crippen LogP contribution in [0.3, 0.4) is 0 Å². The van der Waals surface area contributed by atoms with Crippen molar-refractivity contribution in [2.24, 2.45) is 0 Å². The van der Waals surface area contributed by atoms with E-state index in [0.29, 0.717) is 37.0 Å². The Labute approximate surface area is 141 Å². The van der Waals surface area contributed by atoms with Gasteiger partial charge in [0, 0.05) is 11.6 Å². The summed E-state index contributed by atoms with van der Waals surface area (Å²) < 4.78 is 15.8. The zero-order valence-corrected chi connectivity index (χ0v) is 14.5. The molecule has 0 aliphatic carbocycles. The minimum Gasteiger partial charge on any atom is -0.493 e. The second-order valence-electron chi connectivity index (χ2n) is 5.60. The average molecular weight is 334 g/mol. The van der Waals surface area contributed by atoms with Gasteiger partial charge >= 0.3 is 0 Å². The van der Waals surface area contributed by atoms with Crippen LogP contribution in [0.4, 0.5) is 5.82 Å². The Hall–Kier alpha value is -2.54. The van der Waals surface area contributed by atoms with Crippen LogP contribution in [0.1, 0.15) is 18.2 Å². The summed E-state index contributed by atoms with van der Waals surface area (Å²) in [7, 11) is 3.57. The fourth-order valence-electron chi connectivity index (χ4n) is 2.39. The largest absolute Gasteiger partial charge is 0.493 e. The van der Waals surface area contributed by atoms with Gasteiger partial charge in [0.05, 0.1) is 20.8 Å². The van der Waals surface area contributed by atoms with Crippen molar-refractivity contribution >= 4 is 11.7 Å². The van der Waals surface area contributed by atoms with Gasteiger partial charge < -0.3 is 24.2 Å². The molecule has 7 heteroatoms. The summed E-state index contributed by atoms with van der Waals surface area (Å²) in [5, 5.41) is 6.47. The van der Waals surface area contributed by atoms with E-state index in [1.807, 2.05) is 32.2 Å². The van der Waals surface area contributed by atoms with Crippen LogP contribution in [-0.2, 0) is 11.3 Å². The fourth-order valence-corrected chi connectivity index (χ4v) is 2.39. The van der Waals surface area contributed by atoms with E-state index in [9.17, 15) is 4.79 Å². The van der Waals surface area contributed by atoms with Crippen molar-refractivity contribution in [1.82, 2.24) is 5.16 Å². The smallest absolute Gasteiger partial charge is 0.280 e. The van der Waals surface area contributed by atoms with Gasteiger partial charge in [0.1, 0.15) is 12.3 Å². The van der Waals surface area contributed by atoms with Gasteiger partial charge in [0.15, 0.2) is 23.9 Å². The maximum Gasteiger partial charge on any atom is 0.280 e. The number of rotatable bonds is 8. The van der Waals surface area contributed by atoms with Crippen molar-refractivity contribution in [2.75, 3.05) is 32.6 Å². The fraction of sp³-hybridized carbons (Fsp3) is 0.412. The van der Waals surface area contributed by atoms with Crippen LogP contribution in [0, 0.1) is 6.92 Å². The molecular formula is C17H24N3O4+. The normalized spacial score (nSPS) is 11.8. The Morgan fingerprint density at radius 1 is 1.33 bits per heavy atom. The molecule has 2 N–H and O–H groups in total. The summed E-state index contributed by atoms with van der Waals surface area (Å²) in [6.07, 6.45) is 0. The van der Waals surface area contributed by atoms with Gasteiger partial charge in [-0.1, -0.05) is 5.16 Å². The predicted octanol–water partition coefficient (Wildman–Crippen LogP) is 1.04. The van der Waals surface area contributed by atoms with E-state index < -0.39 is 0 Å². The molecule has 0 radical (unpaired) electrons. The Kier molecular flexibility index (Phi) is 6.20. The van der Waals surface area contributed by atoms with E-state index in [2.05, 4.69) is 10.5 Å². The van der Waals surface area contributed by atoms with Crippen molar-refractivity contribution < 1.29 is 23.7 Å². The van der Waals surface area contributed by atoms with Crippen molar-refractivity contribution in [3.63, 3.8) is 0 Å². The summed E-state index contributed by atoms with van der Waals surface area (Å²) in [6.45, 7) is 5.30. The predicted molar refractivity (Wildman–Crippen MR) is 89.5 cm³/mol. The maximum absolute atomic E-state index is 12.0. The quantitative estimate of drug-likeness (QED) is 0.754. The molecule has 2 rings (SSSR count). The standard InChI is InChI=1S/C17H23N3O4/c1-5-23-14-7-6-13(9-15(14)22-4)10-20(3)11-17(21)18-16-8-12(2)24-19-16/h6-9H,5,10-11H2,1-4H3,(H,18,19,21)/p+1. The number of aromatic nitrogens is 1. The first kappa shape index (κ1) is 17.8. The number of carbonyl (C=O) groups excluding carboxylic acids is 1. The van der Waals surface area contributed by atoms with E-state index in [0.717, 1.165) is 16.2 Å². The molecule has 1 amide bonds. The molecule has 24 heavy (non-hydrogen) atoms. The Bertz CT molecular complexity index is 684. The van der Waals surface area contributed by atoms with Gasteiger partial charge in [-0.25, -0.2) is 0 Å². The minimum absolute atomic E-state index is 0.112. The van der Waals surface area contributed by atoms with Gasteiger partial charge in [0.25, 0.3) is 5.91 Å². The average Bonchev–Trinajstić information content (AvgIpc) is 2.93. The molecule has 0 spiro atoms. The van der Waals surface area contributed by atoms with E-state index in [1.54, 1.807) is 20.1 Å². The maximum atomic E-state index is 12.0. The second-order valence-corrected chi connectivity index (χ2v) is 5.60. The number of hydrogen-bond donors (Lipinski definition) is 2. The third-order valence-corrected chi connectivity index (χ3v) is 3.39. The van der Waals surface area contributed by atoms with E-state index >= 15 is 0 Å². The lowest BCUT2D eigenvalue weighted by Gasteiger charge is -2.15. The van der Waals surface area contributed by atoms with E-state index in [-0.39, 0.29) is 5.91 Å². The number of likely N-dealkylation sites (N-methyl/N-ethyl adjacent to an activating group) is 1. The number of benzene rings is 1. The van der Waals surface area contributed by atoms with Gasteiger partial charge in [-0.05, 0) is 32.0 Å². The van der Waals surface area contributed by atoms with Crippen LogP contribution < -0.4 is 19.7 Å². The monoisotopic (exact) mass is 334 g/mol. The Balaban J connectivity index is 1.91. The highest BCUT2D eigenvalue weighted by atomic mass is 16.5. The zero-order chi connectivity index (χ0) is 17.5. The van der Waals surface area contributed by atoms with Crippen molar-refractivity contribution in [2.45, 2.75) is 20.4 Å². The van der Waals surface area contributed by atoms with Gasteiger partial charge in [0.2, 0.25) is 0 Å². The molecule has 0 aliphatic heterocycles. The lowest BCUT2D eigenvalue weighted by Crippen LogP contribution is -3.08. The van der Waals surface area contributed by atoms with Gasteiger partial charge in [-0.15, -0.1) is 0 Å². The third-order valence-electron chi connectivity index (χ3n) is 3.39. The SMILES string of the molecule is CCOc1ccc(C[NH+](C)CC(=O)Nc2cc(C)on2)cc1OC. The number of nitrogens with zero attached hydrogens (tertiary/aromatic N) is 1. The first-order valence-corrected chi connectivity index (χ1v) is 7.86. The lowest BCUT2D eigenvalue weighted by atomic mass is 10.2. The Morgan fingerprint density at radius 3 is 2.75 bits per heavy atom. The number of ether oxygens (including phenoxy) is 2. The molecule has 1 atom stereocenters. The number of quaternary nitrogens is 1. The summed E-state index contributed by atoms with van der Waals surface area (Å²) >= 11 is 0. The van der Waals surface area contributed by atoms with Crippen molar-refractivity contribution in [1.29, 1.82) is 0 Å². The lowest BCUT2D eigenvalue weighted by molar-refractivity contribution is -0.885. The van der Waals surface area contributed by atoms with Gasteiger partial charge in [-0.2, -0.15) is 0 Å². The summed E-state index contributed by atoms with van der Waals surface area (Å²) in [4.78, 5) is 13.1. The molecule has 1 aromatic heterocycles. The van der Waals surface area contributed by atoms with Crippen LogP contribution in [0.25, 0.3) is 0 Å². The summed E-state index contributed by atoms with van der Waals surface area (Å²) in [5.41, 5.74) is 1.07. The van der Waals surface area contributed by atoms with Crippen LogP contribution in [0.15, 0.2) is 28.8 Å². The molecule has 0 bridgehead atoms. The first-order valence-electron chi connectivity index (χ1n) is 7.86. The Morgan fingerprint density at radius 2 is 2.12 bits per heavy atom. The summed E-state index contributed by atoms with van der Waals surface area (Å²) in [6, 6.07) is 7.50. The number of hydrogen-bond acceptors (Lipinski definition) is 5. The number of carbonyl (C=O) groups is 1. The van der Waals surface area contributed by atoms with E-state index in [4.69, 9.17) is 14.0 Å². The topological polar surface area (TPSA) is 78.0 Å². The molecule has 0 saturated carbocycles. The number of amides is 1. The highest BCUT2D eigenvalue weighted by Crippen LogP contribution is 2.27. The zero-order valence-electron chi connectivity index (χ0n) is 14.5. The molecule has 0 saturated heterocycles. The highest BCUT2D eigenvalue weighted by molar-refractivity contribution is 5.90. The highest BCUT2D eigenvalue weighted by Gasteiger charge is 2.14. The molecule has 7 nitrogen and oxygen atoms in total. The molecule has 130 valence electrons. The minimum atomic E-state index is -0.112. The molecule has 0 aliphatic rings. The molecular weight excluding hydrogens is 310 g/mol. The summed E-state index contributed by atoms with van der Waals surface area (Å²) in [5.74, 6) is 2.41. The van der Waals surface area contributed by atoms with Crippen molar-refractivity contribution in [3.8, 4) is 11.5 Å². The van der Waals surface area contributed by atoms with Crippen LogP contribution in [-0.4, -0.2) is 38.4 Å². The number of anilines is 1. The van der Waals surface area contributed by atoms with Crippen LogP contribution >= 0.6 is 0 Å². The second kappa shape index (κ2) is 8.35. The first-order chi connectivity index (χ1) is 11.5. The number of nitrogens with one attached hydrogen (secondary N) is 2. The van der Waals surface area contributed by atoms with E-state index in [1.165, 1.54) is 0 Å². The molecule has 1 aromatic carbocycles. The molecule has 1 heterocycles. The van der Waals surface area contributed by atoms with Gasteiger partial charge in [-0.3, -0.25) is 4.79 Å². The molecule has 0 fully saturated rings.